The zero-order chi connectivity index (χ0) is 27.1. The average Bonchev–Trinajstić information content (AvgIpc) is 2.84. The van der Waals surface area contributed by atoms with Gasteiger partial charge in [0.05, 0.1) is 6.10 Å². The van der Waals surface area contributed by atoms with Crippen molar-refractivity contribution in [2.45, 2.75) is 83.8 Å². The molecular formula is C32H41NO4. The fourth-order valence-electron chi connectivity index (χ4n) is 5.78. The second-order valence-corrected chi connectivity index (χ2v) is 12.2. The molecule has 0 spiro atoms. The van der Waals surface area contributed by atoms with E-state index in [2.05, 4.69) is 64.7 Å². The maximum atomic E-state index is 11.3. The lowest BCUT2D eigenvalue weighted by molar-refractivity contribution is 0.0693. The van der Waals surface area contributed by atoms with Crippen molar-refractivity contribution >= 4 is 17.6 Å². The third kappa shape index (κ3) is 5.53. The number of carbonyl (C=O) groups is 1. The van der Waals surface area contributed by atoms with Crippen molar-refractivity contribution in [3.8, 4) is 5.75 Å². The predicted octanol–water partition coefficient (Wildman–Crippen LogP) is 6.68. The standard InChI is InChI=1S/C32H41NO4/c1-20(2)33-15-11-22(12-16-33)25-18-23(19-26-29(25)32(5,6)14-13-31(26,3)4)27(34)10-8-21-7-9-24(30(36)37)28(35)17-21/h7-11,17-20,27,34-35H,12-16H2,1-6H3,(H,36,37). The van der Waals surface area contributed by atoms with Crippen LogP contribution in [0.4, 0.5) is 0 Å². The number of aliphatic hydroxyl groups is 1. The second kappa shape index (κ2) is 10.1. The first-order valence-electron chi connectivity index (χ1n) is 13.3. The molecule has 2 aromatic carbocycles. The van der Waals surface area contributed by atoms with Crippen LogP contribution in [0.15, 0.2) is 42.5 Å². The number of aliphatic hydroxyl groups excluding tert-OH is 1. The van der Waals surface area contributed by atoms with Crippen LogP contribution in [0.25, 0.3) is 11.6 Å². The highest BCUT2D eigenvalue weighted by atomic mass is 16.4. The fraction of sp³-hybridized carbons (Fsp3) is 0.469. The maximum Gasteiger partial charge on any atom is 0.339 e. The van der Waals surface area contributed by atoms with Crippen LogP contribution in [0.1, 0.15) is 105 Å². The zero-order valence-electron chi connectivity index (χ0n) is 23.0. The van der Waals surface area contributed by atoms with Gasteiger partial charge in [0.2, 0.25) is 0 Å². The van der Waals surface area contributed by atoms with Crippen LogP contribution in [0.5, 0.6) is 5.75 Å². The van der Waals surface area contributed by atoms with E-state index in [0.29, 0.717) is 11.6 Å². The molecular weight excluding hydrogens is 462 g/mol. The molecule has 1 atom stereocenters. The Morgan fingerprint density at radius 2 is 1.76 bits per heavy atom. The molecule has 4 rings (SSSR count). The maximum absolute atomic E-state index is 11.3. The van der Waals surface area contributed by atoms with Gasteiger partial charge in [-0.25, -0.2) is 4.79 Å². The van der Waals surface area contributed by atoms with Crippen molar-refractivity contribution in [2.24, 2.45) is 0 Å². The number of carboxylic acids is 1. The molecule has 198 valence electrons. The SMILES string of the molecule is CC(C)N1CC=C(c2cc(C(O)C=Cc3ccc(C(=O)O)c(O)c3)cc3c2C(C)(C)CCC3(C)C)CC1. The summed E-state index contributed by atoms with van der Waals surface area (Å²) in [6.07, 6.45) is 8.19. The van der Waals surface area contributed by atoms with E-state index in [1.165, 1.54) is 34.4 Å². The molecule has 1 aliphatic carbocycles. The van der Waals surface area contributed by atoms with Gasteiger partial charge in [-0.15, -0.1) is 0 Å². The van der Waals surface area contributed by atoms with Crippen molar-refractivity contribution in [3.63, 3.8) is 0 Å². The third-order valence-corrected chi connectivity index (χ3v) is 8.32. The Balaban J connectivity index is 1.76. The van der Waals surface area contributed by atoms with Gasteiger partial charge in [-0.05, 0) is 95.5 Å². The molecule has 1 unspecified atom stereocenters. The number of rotatable bonds is 6. The minimum absolute atomic E-state index is 0.0106. The number of carboxylic acid groups (broad SMARTS) is 1. The highest BCUT2D eigenvalue weighted by Crippen LogP contribution is 2.50. The van der Waals surface area contributed by atoms with Crippen LogP contribution in [-0.4, -0.2) is 45.3 Å². The number of aromatic hydroxyl groups is 1. The van der Waals surface area contributed by atoms with E-state index < -0.39 is 12.1 Å². The van der Waals surface area contributed by atoms with Gasteiger partial charge in [0.25, 0.3) is 0 Å². The summed E-state index contributed by atoms with van der Waals surface area (Å²) >= 11 is 0. The summed E-state index contributed by atoms with van der Waals surface area (Å²) in [6.45, 7) is 15.8. The van der Waals surface area contributed by atoms with Crippen LogP contribution >= 0.6 is 0 Å². The summed E-state index contributed by atoms with van der Waals surface area (Å²) in [6, 6.07) is 9.29. The van der Waals surface area contributed by atoms with Crippen LogP contribution in [0.3, 0.4) is 0 Å². The first-order chi connectivity index (χ1) is 17.3. The Kier molecular flexibility index (Phi) is 7.42. The molecule has 0 radical (unpaired) electrons. The number of aromatic carboxylic acids is 1. The van der Waals surface area contributed by atoms with Crippen LogP contribution in [0, 0.1) is 0 Å². The van der Waals surface area contributed by atoms with E-state index in [1.54, 1.807) is 18.2 Å². The van der Waals surface area contributed by atoms with Crippen molar-refractivity contribution in [1.82, 2.24) is 4.90 Å². The van der Waals surface area contributed by atoms with Crippen LogP contribution in [-0.2, 0) is 10.8 Å². The van der Waals surface area contributed by atoms with Gasteiger partial charge in [-0.2, -0.15) is 0 Å². The molecule has 2 aromatic rings. The molecule has 5 heteroatoms. The molecule has 0 saturated heterocycles. The molecule has 3 N–H and O–H groups in total. The molecule has 5 nitrogen and oxygen atoms in total. The molecule has 2 aliphatic rings. The third-order valence-electron chi connectivity index (χ3n) is 8.32. The van der Waals surface area contributed by atoms with Gasteiger partial charge >= 0.3 is 5.97 Å². The lowest BCUT2D eigenvalue weighted by atomic mass is 9.61. The van der Waals surface area contributed by atoms with E-state index in [1.807, 2.05) is 0 Å². The van der Waals surface area contributed by atoms with E-state index in [9.17, 15) is 15.0 Å². The molecule has 0 bridgehead atoms. The summed E-state index contributed by atoms with van der Waals surface area (Å²) in [5.41, 5.74) is 6.78. The van der Waals surface area contributed by atoms with E-state index in [-0.39, 0.29) is 22.1 Å². The fourth-order valence-corrected chi connectivity index (χ4v) is 5.78. The summed E-state index contributed by atoms with van der Waals surface area (Å²) in [5.74, 6) is -1.46. The number of fused-ring (bicyclic) bond motifs is 1. The average molecular weight is 504 g/mol. The molecule has 1 aliphatic heterocycles. The molecule has 0 amide bonds. The number of nitrogens with zero attached hydrogens (tertiary/aromatic N) is 1. The molecule has 37 heavy (non-hydrogen) atoms. The zero-order valence-corrected chi connectivity index (χ0v) is 23.0. The topological polar surface area (TPSA) is 81.0 Å². The Bertz CT molecular complexity index is 1250. The first-order valence-corrected chi connectivity index (χ1v) is 13.3. The Morgan fingerprint density at radius 1 is 1.05 bits per heavy atom. The highest BCUT2D eigenvalue weighted by Gasteiger charge is 2.40. The molecule has 0 aromatic heterocycles. The largest absolute Gasteiger partial charge is 0.507 e. The quantitative estimate of drug-likeness (QED) is 0.409. The van der Waals surface area contributed by atoms with Crippen molar-refractivity contribution in [3.05, 3.63) is 75.9 Å². The van der Waals surface area contributed by atoms with E-state index >= 15 is 0 Å². The number of benzene rings is 2. The molecule has 0 fully saturated rings. The smallest absolute Gasteiger partial charge is 0.339 e. The first kappa shape index (κ1) is 27.2. The Hall–Kier alpha value is -2.89. The van der Waals surface area contributed by atoms with Gasteiger partial charge in [0, 0.05) is 19.1 Å². The highest BCUT2D eigenvalue weighted by molar-refractivity contribution is 5.91. The van der Waals surface area contributed by atoms with Crippen LogP contribution < -0.4 is 0 Å². The summed E-state index contributed by atoms with van der Waals surface area (Å²) < 4.78 is 0. The van der Waals surface area contributed by atoms with Gasteiger partial charge < -0.3 is 15.3 Å². The normalized spacial score (nSPS) is 20.1. The number of phenols is 1. The number of hydrogen-bond acceptors (Lipinski definition) is 4. The van der Waals surface area contributed by atoms with Crippen molar-refractivity contribution < 1.29 is 20.1 Å². The monoisotopic (exact) mass is 503 g/mol. The van der Waals surface area contributed by atoms with Gasteiger partial charge in [-0.1, -0.05) is 58.1 Å². The van der Waals surface area contributed by atoms with E-state index in [0.717, 1.165) is 37.9 Å². The van der Waals surface area contributed by atoms with Gasteiger partial charge in [-0.3, -0.25) is 4.90 Å². The second-order valence-electron chi connectivity index (χ2n) is 12.2. The van der Waals surface area contributed by atoms with Gasteiger partial charge in [0.1, 0.15) is 11.3 Å². The predicted molar refractivity (Wildman–Crippen MR) is 150 cm³/mol. The minimum Gasteiger partial charge on any atom is -0.507 e. The number of hydrogen-bond donors (Lipinski definition) is 3. The molecule has 1 heterocycles. The Labute approximate surface area is 221 Å². The van der Waals surface area contributed by atoms with Crippen LogP contribution in [0.2, 0.25) is 0 Å². The van der Waals surface area contributed by atoms with Crippen molar-refractivity contribution in [1.29, 1.82) is 0 Å². The van der Waals surface area contributed by atoms with Gasteiger partial charge in [0.15, 0.2) is 0 Å². The van der Waals surface area contributed by atoms with Crippen molar-refractivity contribution in [2.75, 3.05) is 13.1 Å². The van der Waals surface area contributed by atoms with E-state index in [4.69, 9.17) is 5.11 Å². The lowest BCUT2D eigenvalue weighted by Crippen LogP contribution is -2.37. The summed E-state index contributed by atoms with van der Waals surface area (Å²) in [7, 11) is 0. The molecule has 0 saturated carbocycles. The summed E-state index contributed by atoms with van der Waals surface area (Å²) in [4.78, 5) is 13.7. The lowest BCUT2D eigenvalue weighted by Gasteiger charge is -2.44. The minimum atomic E-state index is -1.17. The summed E-state index contributed by atoms with van der Waals surface area (Å²) in [5, 5.41) is 30.4. The Morgan fingerprint density at radius 3 is 2.35 bits per heavy atom.